The van der Waals surface area contributed by atoms with Crippen LogP contribution in [0.25, 0.3) is 0 Å². The Hall–Kier alpha value is -4.52. The molecular weight excluding hydrogens is 448 g/mol. The van der Waals surface area contributed by atoms with Crippen LogP contribution < -0.4 is 4.74 Å². The van der Waals surface area contributed by atoms with Gasteiger partial charge in [0.1, 0.15) is 5.75 Å². The Kier molecular flexibility index (Phi) is 6.87. The molecular formula is C28H26O7. The van der Waals surface area contributed by atoms with E-state index < -0.39 is 17.2 Å². The minimum atomic E-state index is -0.557. The van der Waals surface area contributed by atoms with Crippen molar-refractivity contribution in [3.8, 4) is 46.0 Å². The standard InChI is InChI=1S/C28H26O7/c29-21-3-1-2-17(12-21)4-5-18-8-10-22(30)26(15-18)35-27-16-19(9-11-23(27)31)6-7-20-13-24(32)28(34)25(33)14-20/h1-3,8-16,29-34H,4-7H2. The summed E-state index contributed by atoms with van der Waals surface area (Å²) in [6.07, 6.45) is 2.33. The number of phenols is 6. The molecule has 0 bridgehead atoms. The maximum Gasteiger partial charge on any atom is 0.200 e. The first-order chi connectivity index (χ1) is 16.8. The molecule has 7 nitrogen and oxygen atoms in total. The average Bonchev–Trinajstić information content (AvgIpc) is 2.83. The summed E-state index contributed by atoms with van der Waals surface area (Å²) in [6.45, 7) is 0. The molecule has 0 radical (unpaired) electrons. The third kappa shape index (κ3) is 5.89. The van der Waals surface area contributed by atoms with Crippen LogP contribution in [0, 0.1) is 0 Å². The summed E-state index contributed by atoms with van der Waals surface area (Å²) in [4.78, 5) is 0. The second-order valence-electron chi connectivity index (χ2n) is 8.36. The zero-order valence-corrected chi connectivity index (χ0v) is 18.8. The lowest BCUT2D eigenvalue weighted by Crippen LogP contribution is -1.95. The molecule has 0 spiro atoms. The summed E-state index contributed by atoms with van der Waals surface area (Å²) >= 11 is 0. The lowest BCUT2D eigenvalue weighted by atomic mass is 10.0. The van der Waals surface area contributed by atoms with Crippen LogP contribution in [0.1, 0.15) is 22.3 Å². The van der Waals surface area contributed by atoms with E-state index in [0.29, 0.717) is 31.2 Å². The third-order valence-electron chi connectivity index (χ3n) is 5.71. The van der Waals surface area contributed by atoms with Gasteiger partial charge in [0.05, 0.1) is 0 Å². The SMILES string of the molecule is Oc1cccc(CCc2ccc(O)c(Oc3cc(CCc4cc(O)c(O)c(O)c4)ccc3O)c2)c1. The van der Waals surface area contributed by atoms with Crippen molar-refractivity contribution in [3.63, 3.8) is 0 Å². The molecule has 35 heavy (non-hydrogen) atoms. The predicted octanol–water partition coefficient (Wildman–Crippen LogP) is 5.28. The van der Waals surface area contributed by atoms with E-state index >= 15 is 0 Å². The molecule has 0 atom stereocenters. The van der Waals surface area contributed by atoms with Crippen LogP contribution in [0.15, 0.2) is 72.8 Å². The molecule has 0 aliphatic carbocycles. The van der Waals surface area contributed by atoms with Crippen molar-refractivity contribution < 1.29 is 35.4 Å². The van der Waals surface area contributed by atoms with Crippen LogP contribution in [-0.2, 0) is 25.7 Å². The molecule has 4 aromatic carbocycles. The van der Waals surface area contributed by atoms with Gasteiger partial charge in [-0.15, -0.1) is 0 Å². The number of ether oxygens (including phenoxy) is 1. The first-order valence-electron chi connectivity index (χ1n) is 11.1. The minimum Gasteiger partial charge on any atom is -0.508 e. The van der Waals surface area contributed by atoms with Crippen LogP contribution in [-0.4, -0.2) is 30.6 Å². The van der Waals surface area contributed by atoms with E-state index in [1.807, 2.05) is 6.07 Å². The Bertz CT molecular complexity index is 1320. The van der Waals surface area contributed by atoms with Gasteiger partial charge in [-0.3, -0.25) is 0 Å². The van der Waals surface area contributed by atoms with Gasteiger partial charge >= 0.3 is 0 Å². The molecule has 0 unspecified atom stereocenters. The molecule has 180 valence electrons. The van der Waals surface area contributed by atoms with Gasteiger partial charge in [-0.1, -0.05) is 24.3 Å². The molecule has 0 saturated heterocycles. The fraction of sp³-hybridized carbons (Fsp3) is 0.143. The first kappa shape index (κ1) is 23.6. The predicted molar refractivity (Wildman–Crippen MR) is 131 cm³/mol. The fourth-order valence-corrected chi connectivity index (χ4v) is 3.80. The van der Waals surface area contributed by atoms with E-state index in [4.69, 9.17) is 4.74 Å². The van der Waals surface area contributed by atoms with Crippen molar-refractivity contribution in [2.24, 2.45) is 0 Å². The van der Waals surface area contributed by atoms with Gasteiger partial charge in [0.25, 0.3) is 0 Å². The second kappa shape index (κ2) is 10.2. The summed E-state index contributed by atoms with van der Waals surface area (Å²) in [7, 11) is 0. The van der Waals surface area contributed by atoms with Crippen molar-refractivity contribution >= 4 is 0 Å². The highest BCUT2D eigenvalue weighted by Crippen LogP contribution is 2.38. The number of hydrogen-bond acceptors (Lipinski definition) is 7. The highest BCUT2D eigenvalue weighted by molar-refractivity contribution is 5.52. The second-order valence-corrected chi connectivity index (χ2v) is 8.36. The lowest BCUT2D eigenvalue weighted by molar-refractivity contribution is 0.367. The number of rotatable bonds is 8. The molecule has 0 fully saturated rings. The highest BCUT2D eigenvalue weighted by atomic mass is 16.5. The van der Waals surface area contributed by atoms with E-state index in [-0.39, 0.29) is 28.7 Å². The number of hydrogen-bond donors (Lipinski definition) is 6. The summed E-state index contributed by atoms with van der Waals surface area (Å²) in [5.74, 6) is -0.893. The molecule has 0 amide bonds. The van der Waals surface area contributed by atoms with E-state index in [1.165, 1.54) is 24.3 Å². The summed E-state index contributed by atoms with van der Waals surface area (Å²) < 4.78 is 5.85. The van der Waals surface area contributed by atoms with Crippen LogP contribution >= 0.6 is 0 Å². The molecule has 0 aliphatic heterocycles. The quantitative estimate of drug-likeness (QED) is 0.192. The van der Waals surface area contributed by atoms with Gasteiger partial charge < -0.3 is 35.4 Å². The highest BCUT2D eigenvalue weighted by Gasteiger charge is 2.12. The van der Waals surface area contributed by atoms with E-state index in [0.717, 1.165) is 16.7 Å². The van der Waals surface area contributed by atoms with Crippen LogP contribution in [0.5, 0.6) is 46.0 Å². The first-order valence-corrected chi connectivity index (χ1v) is 11.1. The average molecular weight is 475 g/mol. The largest absolute Gasteiger partial charge is 0.508 e. The van der Waals surface area contributed by atoms with Crippen molar-refractivity contribution in [3.05, 3.63) is 95.1 Å². The number of aryl methyl sites for hydroxylation is 4. The monoisotopic (exact) mass is 474 g/mol. The van der Waals surface area contributed by atoms with Crippen LogP contribution in [0.2, 0.25) is 0 Å². The van der Waals surface area contributed by atoms with Gasteiger partial charge in [0, 0.05) is 0 Å². The van der Waals surface area contributed by atoms with E-state index in [1.54, 1.807) is 42.5 Å². The van der Waals surface area contributed by atoms with Crippen molar-refractivity contribution in [1.82, 2.24) is 0 Å². The van der Waals surface area contributed by atoms with Crippen molar-refractivity contribution in [1.29, 1.82) is 0 Å². The molecule has 4 aromatic rings. The Morgan fingerprint density at radius 3 is 1.46 bits per heavy atom. The molecule has 0 heterocycles. The van der Waals surface area contributed by atoms with Crippen LogP contribution in [0.4, 0.5) is 0 Å². The summed E-state index contributed by atoms with van der Waals surface area (Å²) in [5.41, 5.74) is 3.36. The molecule has 7 heteroatoms. The molecule has 0 saturated carbocycles. The summed E-state index contributed by atoms with van der Waals surface area (Å²) in [5, 5.41) is 59.1. The van der Waals surface area contributed by atoms with E-state index in [9.17, 15) is 30.6 Å². The fourth-order valence-electron chi connectivity index (χ4n) is 3.80. The van der Waals surface area contributed by atoms with Crippen LogP contribution in [0.3, 0.4) is 0 Å². The normalized spacial score (nSPS) is 10.9. The van der Waals surface area contributed by atoms with Gasteiger partial charge in [0.15, 0.2) is 40.2 Å². The van der Waals surface area contributed by atoms with E-state index in [2.05, 4.69) is 0 Å². The smallest absolute Gasteiger partial charge is 0.200 e. The zero-order chi connectivity index (χ0) is 24.9. The summed E-state index contributed by atoms with van der Waals surface area (Å²) in [6, 6.07) is 19.8. The van der Waals surface area contributed by atoms with Crippen molar-refractivity contribution in [2.75, 3.05) is 0 Å². The molecule has 0 aromatic heterocycles. The minimum absolute atomic E-state index is 0.0639. The Morgan fingerprint density at radius 1 is 0.457 bits per heavy atom. The van der Waals surface area contributed by atoms with Gasteiger partial charge in [0.2, 0.25) is 0 Å². The number of benzene rings is 4. The Morgan fingerprint density at radius 2 is 0.943 bits per heavy atom. The topological polar surface area (TPSA) is 131 Å². The zero-order valence-electron chi connectivity index (χ0n) is 18.8. The molecule has 0 aliphatic rings. The third-order valence-corrected chi connectivity index (χ3v) is 5.71. The molecule has 6 N–H and O–H groups in total. The Balaban J connectivity index is 1.46. The Labute approximate surface area is 202 Å². The number of aromatic hydroxyl groups is 6. The van der Waals surface area contributed by atoms with Crippen molar-refractivity contribution in [2.45, 2.75) is 25.7 Å². The molecule has 4 rings (SSSR count). The lowest BCUT2D eigenvalue weighted by Gasteiger charge is -2.13. The van der Waals surface area contributed by atoms with Gasteiger partial charge in [-0.05, 0) is 96.5 Å². The maximum atomic E-state index is 10.3. The maximum absolute atomic E-state index is 10.3. The van der Waals surface area contributed by atoms with Gasteiger partial charge in [-0.2, -0.15) is 0 Å². The van der Waals surface area contributed by atoms with Gasteiger partial charge in [-0.25, -0.2) is 0 Å². The number of phenolic OH excluding ortho intramolecular Hbond substituents is 6.